The van der Waals surface area contributed by atoms with Crippen LogP contribution in [0.3, 0.4) is 0 Å². The third-order valence-electron chi connectivity index (χ3n) is 4.73. The summed E-state index contributed by atoms with van der Waals surface area (Å²) < 4.78 is 5.48. The van der Waals surface area contributed by atoms with Crippen molar-refractivity contribution >= 4 is 23.5 Å². The number of carbonyl (C=O) groups is 2. The van der Waals surface area contributed by atoms with E-state index in [1.807, 2.05) is 0 Å². The molecule has 3 rings (SSSR count). The van der Waals surface area contributed by atoms with Crippen LogP contribution in [0.1, 0.15) is 40.0 Å². The highest BCUT2D eigenvalue weighted by Gasteiger charge is 2.56. The second-order valence-corrected chi connectivity index (χ2v) is 7.62. The summed E-state index contributed by atoms with van der Waals surface area (Å²) in [5.41, 5.74) is -0.993. The van der Waals surface area contributed by atoms with Crippen LogP contribution >= 0.6 is 0 Å². The molecule has 0 radical (unpaired) electrons. The van der Waals surface area contributed by atoms with Gasteiger partial charge in [0.2, 0.25) is 0 Å². The third kappa shape index (κ3) is 3.09. The van der Waals surface area contributed by atoms with E-state index >= 15 is 0 Å². The van der Waals surface area contributed by atoms with Gasteiger partial charge in [-0.1, -0.05) is 0 Å². The van der Waals surface area contributed by atoms with E-state index in [4.69, 9.17) is 9.94 Å². The minimum Gasteiger partial charge on any atom is -0.444 e. The number of amides is 2. The molecule has 2 amide bonds. The van der Waals surface area contributed by atoms with Crippen molar-refractivity contribution in [3.05, 3.63) is 23.2 Å². The van der Waals surface area contributed by atoms with Gasteiger partial charge in [-0.2, -0.15) is 0 Å². The highest BCUT2D eigenvalue weighted by atomic mass is 16.6. The fourth-order valence-electron chi connectivity index (χ4n) is 3.60. The number of hydrogen-bond donors (Lipinski definition) is 1. The van der Waals surface area contributed by atoms with Crippen LogP contribution in [0.4, 0.5) is 16.3 Å². The number of aromatic nitrogens is 1. The zero-order valence-electron chi connectivity index (χ0n) is 15.1. The third-order valence-corrected chi connectivity index (χ3v) is 4.73. The zero-order chi connectivity index (χ0) is 19.1. The molecule has 1 unspecified atom stereocenters. The van der Waals surface area contributed by atoms with Gasteiger partial charge in [0.15, 0.2) is 11.1 Å². The van der Waals surface area contributed by atoms with Crippen LogP contribution in [0, 0.1) is 4.91 Å². The second kappa shape index (κ2) is 6.22. The molecule has 0 bridgehead atoms. The molecule has 2 aliphatic rings. The van der Waals surface area contributed by atoms with Crippen molar-refractivity contribution in [1.29, 1.82) is 0 Å². The number of hydrogen-bond acceptors (Lipinski definition) is 5. The number of likely N-dealkylation sites (tertiary alicyclic amines) is 1. The van der Waals surface area contributed by atoms with Crippen LogP contribution in [-0.2, 0) is 9.53 Å². The summed E-state index contributed by atoms with van der Waals surface area (Å²) in [5.74, 6) is -0.329. The standard InChI is InChI=1S/C17H23N4O5/c1-16(2,3)26-15(23)20-9-4-7-17(20)8-10-19(14(17)22)12-5-6-13(18-11-12)21(24)25/h5-6,11H,4,7-10H2,1-3H3,(H,24,25)/q+1. The molecule has 2 aliphatic heterocycles. The van der Waals surface area contributed by atoms with Gasteiger partial charge in [-0.05, 0) is 56.0 Å². The van der Waals surface area contributed by atoms with Crippen LogP contribution in [0.5, 0.6) is 0 Å². The predicted molar refractivity (Wildman–Crippen MR) is 91.2 cm³/mol. The molecule has 3 heterocycles. The highest BCUT2D eigenvalue weighted by Crippen LogP contribution is 2.41. The number of carbonyl (C=O) groups excluding carboxylic acids is 2. The van der Waals surface area contributed by atoms with E-state index in [2.05, 4.69) is 4.98 Å². The van der Waals surface area contributed by atoms with Crippen molar-refractivity contribution in [3.63, 3.8) is 0 Å². The van der Waals surface area contributed by atoms with Crippen molar-refractivity contribution in [2.45, 2.75) is 51.2 Å². The Kier molecular flexibility index (Phi) is 4.33. The number of nitrogens with zero attached hydrogens (tertiary/aromatic N) is 4. The molecule has 9 heteroatoms. The number of anilines is 1. The van der Waals surface area contributed by atoms with E-state index in [1.54, 1.807) is 36.6 Å². The lowest BCUT2D eigenvalue weighted by atomic mass is 9.94. The summed E-state index contributed by atoms with van der Waals surface area (Å²) in [6, 6.07) is 2.88. The second-order valence-electron chi connectivity index (χ2n) is 7.62. The molecule has 1 atom stereocenters. The lowest BCUT2D eigenvalue weighted by molar-refractivity contribution is -0.732. The summed E-state index contributed by atoms with van der Waals surface area (Å²) in [4.78, 5) is 43.2. The largest absolute Gasteiger partial charge is 0.444 e. The molecule has 1 aromatic heterocycles. The molecule has 1 N–H and O–H groups in total. The Labute approximate surface area is 151 Å². The summed E-state index contributed by atoms with van der Waals surface area (Å²) >= 11 is 0. The summed E-state index contributed by atoms with van der Waals surface area (Å²) in [5, 5.41) is 8.86. The lowest BCUT2D eigenvalue weighted by Crippen LogP contribution is -2.54. The summed E-state index contributed by atoms with van der Waals surface area (Å²) in [6.07, 6.45) is 2.74. The Bertz CT molecular complexity index is 743. The topological polar surface area (TPSA) is 103 Å². The molecule has 0 aliphatic carbocycles. The Morgan fingerprint density at radius 1 is 1.31 bits per heavy atom. The first-order chi connectivity index (χ1) is 12.1. The first-order valence-electron chi connectivity index (χ1n) is 8.59. The van der Waals surface area contributed by atoms with Crippen molar-refractivity contribution < 1.29 is 24.5 Å². The Morgan fingerprint density at radius 2 is 2.04 bits per heavy atom. The van der Waals surface area contributed by atoms with Crippen LogP contribution < -0.4 is 4.90 Å². The number of rotatable bonds is 2. The average molecular weight is 363 g/mol. The van der Waals surface area contributed by atoms with Gasteiger partial charge in [0.1, 0.15) is 11.1 Å². The lowest BCUT2D eigenvalue weighted by Gasteiger charge is -2.34. The zero-order valence-corrected chi connectivity index (χ0v) is 15.1. The van der Waals surface area contributed by atoms with Gasteiger partial charge in [0.05, 0.1) is 5.69 Å². The number of pyridine rings is 1. The maximum Gasteiger partial charge on any atom is 0.411 e. The van der Waals surface area contributed by atoms with Gasteiger partial charge in [-0.3, -0.25) is 9.69 Å². The quantitative estimate of drug-likeness (QED) is 0.809. The van der Waals surface area contributed by atoms with E-state index in [0.717, 1.165) is 6.42 Å². The highest BCUT2D eigenvalue weighted by molar-refractivity contribution is 6.04. The van der Waals surface area contributed by atoms with Crippen molar-refractivity contribution in [2.24, 2.45) is 0 Å². The van der Waals surface area contributed by atoms with E-state index in [9.17, 15) is 14.5 Å². The van der Waals surface area contributed by atoms with Gasteiger partial charge >= 0.3 is 11.9 Å². The maximum absolute atomic E-state index is 13.2. The van der Waals surface area contributed by atoms with Crippen LogP contribution in [-0.4, -0.2) is 56.2 Å². The van der Waals surface area contributed by atoms with Crippen LogP contribution in [0.2, 0.25) is 0 Å². The molecule has 2 saturated heterocycles. The molecule has 2 fully saturated rings. The maximum atomic E-state index is 13.2. The Hall–Kier alpha value is -2.71. The first-order valence-corrected chi connectivity index (χ1v) is 8.59. The van der Waals surface area contributed by atoms with Crippen molar-refractivity contribution in [2.75, 3.05) is 18.0 Å². The SMILES string of the molecule is CC(C)(C)OC(=O)N1CCCC12CCN(c1ccc([N+](=O)O)nc1)C2=O. The first kappa shape index (κ1) is 18.1. The molecule has 9 nitrogen and oxygen atoms in total. The van der Waals surface area contributed by atoms with E-state index in [1.165, 1.54) is 12.3 Å². The van der Waals surface area contributed by atoms with E-state index in [-0.39, 0.29) is 16.6 Å². The van der Waals surface area contributed by atoms with Crippen molar-refractivity contribution in [1.82, 2.24) is 9.88 Å². The minimum absolute atomic E-state index is 0.161. The Morgan fingerprint density at radius 3 is 2.62 bits per heavy atom. The minimum atomic E-state index is -0.886. The van der Waals surface area contributed by atoms with E-state index in [0.29, 0.717) is 31.6 Å². The predicted octanol–water partition coefficient (Wildman–Crippen LogP) is 2.39. The van der Waals surface area contributed by atoms with Gasteiger partial charge in [-0.25, -0.2) is 4.79 Å². The molecule has 0 saturated carbocycles. The molecule has 1 spiro atoms. The van der Waals surface area contributed by atoms with Gasteiger partial charge in [-0.15, -0.1) is 0 Å². The molecular weight excluding hydrogens is 340 g/mol. The molecule has 1 aromatic rings. The van der Waals surface area contributed by atoms with Crippen LogP contribution in [0.15, 0.2) is 18.3 Å². The fraction of sp³-hybridized carbons (Fsp3) is 0.588. The summed E-state index contributed by atoms with van der Waals surface area (Å²) in [6.45, 7) is 6.32. The smallest absolute Gasteiger partial charge is 0.411 e. The molecular formula is C17H23N4O5+. The van der Waals surface area contributed by atoms with Gasteiger partial charge < -0.3 is 14.8 Å². The van der Waals surface area contributed by atoms with Gasteiger partial charge in [0.25, 0.3) is 5.91 Å². The van der Waals surface area contributed by atoms with Crippen LogP contribution in [0.25, 0.3) is 0 Å². The Balaban J connectivity index is 1.82. The monoisotopic (exact) mass is 363 g/mol. The number of ether oxygens (including phenoxy) is 1. The normalized spacial score (nSPS) is 23.0. The average Bonchev–Trinajstić information content (AvgIpc) is 3.12. The molecule has 26 heavy (non-hydrogen) atoms. The molecule has 0 aromatic carbocycles. The summed E-state index contributed by atoms with van der Waals surface area (Å²) in [7, 11) is 0. The molecule has 140 valence electrons. The fourth-order valence-corrected chi connectivity index (χ4v) is 3.60. The van der Waals surface area contributed by atoms with Gasteiger partial charge in [0, 0.05) is 19.2 Å². The van der Waals surface area contributed by atoms with Crippen molar-refractivity contribution in [3.8, 4) is 0 Å². The van der Waals surface area contributed by atoms with E-state index < -0.39 is 17.2 Å².